The van der Waals surface area contributed by atoms with Gasteiger partial charge in [-0.3, -0.25) is 0 Å². The number of halogens is 1. The van der Waals surface area contributed by atoms with Gasteiger partial charge in [0.2, 0.25) is 0 Å². The summed E-state index contributed by atoms with van der Waals surface area (Å²) in [6, 6.07) is 5.73. The van der Waals surface area contributed by atoms with E-state index in [0.29, 0.717) is 16.9 Å². The smallest absolute Gasteiger partial charge is 0.126 e. The minimum atomic E-state index is -0.113. The topological polar surface area (TPSA) is 26.0 Å². The largest absolute Gasteiger partial charge is 0.327 e. The van der Waals surface area contributed by atoms with Gasteiger partial charge in [0.05, 0.1) is 0 Å². The summed E-state index contributed by atoms with van der Waals surface area (Å²) in [6.07, 6.45) is 3.25. The maximum Gasteiger partial charge on any atom is 0.126 e. The molecule has 2 rings (SSSR count). The Morgan fingerprint density at radius 2 is 2.06 bits per heavy atom. The summed E-state index contributed by atoms with van der Waals surface area (Å²) in [5, 5.41) is 0. The second kappa shape index (κ2) is 4.41. The molecular weight excluding hydrogens is 213 g/mol. The van der Waals surface area contributed by atoms with Gasteiger partial charge in [-0.1, -0.05) is 26.0 Å². The predicted molar refractivity (Wildman–Crippen MR) is 69.5 cm³/mol. The third-order valence-electron chi connectivity index (χ3n) is 4.07. The van der Waals surface area contributed by atoms with Crippen LogP contribution in [0.4, 0.5) is 4.39 Å². The molecule has 1 aromatic carbocycles. The Kier molecular flexibility index (Phi) is 3.26. The molecule has 1 saturated carbocycles. The van der Waals surface area contributed by atoms with Gasteiger partial charge in [0.1, 0.15) is 5.82 Å². The van der Waals surface area contributed by atoms with Crippen LogP contribution < -0.4 is 5.73 Å². The molecule has 1 fully saturated rings. The molecule has 94 valence electrons. The van der Waals surface area contributed by atoms with E-state index in [0.717, 1.165) is 18.4 Å². The Morgan fingerprint density at radius 1 is 1.35 bits per heavy atom. The molecular formula is C15H22FN. The first-order valence-electron chi connectivity index (χ1n) is 6.41. The molecule has 0 bridgehead atoms. The van der Waals surface area contributed by atoms with Crippen molar-refractivity contribution in [1.29, 1.82) is 0 Å². The van der Waals surface area contributed by atoms with Crippen LogP contribution in [-0.4, -0.2) is 6.04 Å². The molecule has 1 aliphatic carbocycles. The maximum atomic E-state index is 13.6. The van der Waals surface area contributed by atoms with E-state index in [-0.39, 0.29) is 11.9 Å². The highest BCUT2D eigenvalue weighted by molar-refractivity contribution is 5.28. The van der Waals surface area contributed by atoms with E-state index in [4.69, 9.17) is 5.73 Å². The van der Waals surface area contributed by atoms with Crippen LogP contribution in [0.1, 0.15) is 50.2 Å². The fraction of sp³-hybridized carbons (Fsp3) is 0.600. The number of hydrogen-bond donors (Lipinski definition) is 1. The number of rotatable bonds is 1. The first-order chi connectivity index (χ1) is 7.89. The van der Waals surface area contributed by atoms with Gasteiger partial charge < -0.3 is 5.73 Å². The SMILES string of the molecule is Cc1ccc(C2CC(C)(C)CCC2N)cc1F. The third-order valence-corrected chi connectivity index (χ3v) is 4.07. The lowest BCUT2D eigenvalue weighted by atomic mass is 9.68. The van der Waals surface area contributed by atoms with Crippen LogP contribution in [-0.2, 0) is 0 Å². The molecule has 0 aliphatic heterocycles. The van der Waals surface area contributed by atoms with E-state index < -0.39 is 0 Å². The zero-order chi connectivity index (χ0) is 12.6. The Morgan fingerprint density at radius 3 is 2.71 bits per heavy atom. The minimum absolute atomic E-state index is 0.113. The standard InChI is InChI=1S/C15H22FN/c1-10-4-5-11(8-13(10)16)12-9-15(2,3)7-6-14(12)17/h4-5,8,12,14H,6-7,9,17H2,1-3H3. The van der Waals surface area contributed by atoms with Crippen LogP contribution in [0, 0.1) is 18.2 Å². The molecule has 2 unspecified atom stereocenters. The lowest BCUT2D eigenvalue weighted by molar-refractivity contribution is 0.198. The fourth-order valence-corrected chi connectivity index (χ4v) is 2.81. The Hall–Kier alpha value is -0.890. The first kappa shape index (κ1) is 12.6. The van der Waals surface area contributed by atoms with Crippen molar-refractivity contribution in [1.82, 2.24) is 0 Å². The maximum absolute atomic E-state index is 13.6. The van der Waals surface area contributed by atoms with Crippen molar-refractivity contribution < 1.29 is 4.39 Å². The summed E-state index contributed by atoms with van der Waals surface area (Å²) < 4.78 is 13.6. The molecule has 1 nitrogen and oxygen atoms in total. The Labute approximate surface area is 103 Å². The Balaban J connectivity index is 2.28. The van der Waals surface area contributed by atoms with E-state index in [1.165, 1.54) is 6.42 Å². The van der Waals surface area contributed by atoms with Crippen molar-refractivity contribution >= 4 is 0 Å². The number of nitrogens with two attached hydrogens (primary N) is 1. The summed E-state index contributed by atoms with van der Waals surface area (Å²) >= 11 is 0. The van der Waals surface area contributed by atoms with Gasteiger partial charge in [-0.15, -0.1) is 0 Å². The highest BCUT2D eigenvalue weighted by Crippen LogP contribution is 2.42. The van der Waals surface area contributed by atoms with Gasteiger partial charge >= 0.3 is 0 Å². The summed E-state index contributed by atoms with van der Waals surface area (Å²) in [4.78, 5) is 0. The zero-order valence-corrected chi connectivity index (χ0v) is 11.0. The Bertz CT molecular complexity index is 411. The van der Waals surface area contributed by atoms with Crippen molar-refractivity contribution in [3.8, 4) is 0 Å². The van der Waals surface area contributed by atoms with Crippen molar-refractivity contribution in [2.45, 2.75) is 52.0 Å². The van der Waals surface area contributed by atoms with Crippen molar-refractivity contribution in [3.63, 3.8) is 0 Å². The van der Waals surface area contributed by atoms with Crippen molar-refractivity contribution in [2.75, 3.05) is 0 Å². The lowest BCUT2D eigenvalue weighted by Gasteiger charge is -2.39. The minimum Gasteiger partial charge on any atom is -0.327 e. The number of aryl methyl sites for hydroxylation is 1. The summed E-state index contributed by atoms with van der Waals surface area (Å²) in [5.41, 5.74) is 8.29. The van der Waals surface area contributed by atoms with Gasteiger partial charge in [0.15, 0.2) is 0 Å². The monoisotopic (exact) mass is 235 g/mol. The molecule has 2 atom stereocenters. The average Bonchev–Trinajstić information content (AvgIpc) is 2.26. The number of hydrogen-bond acceptors (Lipinski definition) is 1. The highest BCUT2D eigenvalue weighted by Gasteiger charge is 2.33. The molecule has 0 heterocycles. The molecule has 0 saturated heterocycles. The third kappa shape index (κ3) is 2.68. The highest BCUT2D eigenvalue weighted by atomic mass is 19.1. The molecule has 0 radical (unpaired) electrons. The van der Waals surface area contributed by atoms with E-state index >= 15 is 0 Å². The lowest BCUT2D eigenvalue weighted by Crippen LogP contribution is -2.37. The summed E-state index contributed by atoms with van der Waals surface area (Å²) in [6.45, 7) is 6.34. The molecule has 17 heavy (non-hydrogen) atoms. The van der Waals surface area contributed by atoms with Gasteiger partial charge in [0, 0.05) is 6.04 Å². The van der Waals surface area contributed by atoms with Gasteiger partial charge in [-0.25, -0.2) is 4.39 Å². The molecule has 1 aliphatic rings. The normalized spacial score (nSPS) is 28.1. The van der Waals surface area contributed by atoms with Crippen LogP contribution in [0.5, 0.6) is 0 Å². The second-order valence-electron chi connectivity index (χ2n) is 6.19. The van der Waals surface area contributed by atoms with E-state index in [9.17, 15) is 4.39 Å². The van der Waals surface area contributed by atoms with E-state index in [1.807, 2.05) is 12.1 Å². The first-order valence-corrected chi connectivity index (χ1v) is 6.41. The van der Waals surface area contributed by atoms with Crippen LogP contribution >= 0.6 is 0 Å². The van der Waals surface area contributed by atoms with E-state index in [2.05, 4.69) is 13.8 Å². The van der Waals surface area contributed by atoms with E-state index in [1.54, 1.807) is 13.0 Å². The van der Waals surface area contributed by atoms with Crippen molar-refractivity contribution in [3.05, 3.63) is 35.1 Å². The quantitative estimate of drug-likeness (QED) is 0.788. The molecule has 0 aromatic heterocycles. The van der Waals surface area contributed by atoms with Crippen LogP contribution in [0.15, 0.2) is 18.2 Å². The molecule has 0 spiro atoms. The van der Waals surface area contributed by atoms with Gasteiger partial charge in [-0.05, 0) is 54.7 Å². The molecule has 2 N–H and O–H groups in total. The van der Waals surface area contributed by atoms with Crippen molar-refractivity contribution in [2.24, 2.45) is 11.1 Å². The van der Waals surface area contributed by atoms with Gasteiger partial charge in [0.25, 0.3) is 0 Å². The summed E-state index contributed by atoms with van der Waals surface area (Å²) in [7, 11) is 0. The summed E-state index contributed by atoms with van der Waals surface area (Å²) in [5.74, 6) is 0.187. The zero-order valence-electron chi connectivity index (χ0n) is 11.0. The van der Waals surface area contributed by atoms with Crippen LogP contribution in [0.3, 0.4) is 0 Å². The number of benzene rings is 1. The van der Waals surface area contributed by atoms with Crippen LogP contribution in [0.2, 0.25) is 0 Å². The van der Waals surface area contributed by atoms with Gasteiger partial charge in [-0.2, -0.15) is 0 Å². The molecule has 0 amide bonds. The predicted octanol–water partition coefficient (Wildman–Crippen LogP) is 3.76. The van der Waals surface area contributed by atoms with Crippen LogP contribution in [0.25, 0.3) is 0 Å². The average molecular weight is 235 g/mol. The molecule has 2 heteroatoms. The fourth-order valence-electron chi connectivity index (χ4n) is 2.81. The molecule has 1 aromatic rings. The second-order valence-corrected chi connectivity index (χ2v) is 6.19.